The van der Waals surface area contributed by atoms with Gasteiger partial charge in [-0.3, -0.25) is 4.79 Å². The number of rotatable bonds is 2. The van der Waals surface area contributed by atoms with Gasteiger partial charge in [0.15, 0.2) is 0 Å². The fraction of sp³-hybridized carbons (Fsp3) is 0.889. The largest absolute Gasteiger partial charge is 0.481 e. The molecule has 0 spiro atoms. The highest BCUT2D eigenvalue weighted by molar-refractivity contribution is 5.74. The molecule has 2 unspecified atom stereocenters. The average molecular weight is 156 g/mol. The second-order valence-corrected chi connectivity index (χ2v) is 3.72. The molecular formula is C9H16O2. The van der Waals surface area contributed by atoms with Crippen LogP contribution in [-0.2, 0) is 4.79 Å². The topological polar surface area (TPSA) is 37.3 Å². The lowest BCUT2D eigenvalue weighted by molar-refractivity contribution is -0.150. The summed E-state index contributed by atoms with van der Waals surface area (Å²) in [5, 5.41) is 8.97. The van der Waals surface area contributed by atoms with Crippen LogP contribution in [0.5, 0.6) is 0 Å². The van der Waals surface area contributed by atoms with Gasteiger partial charge >= 0.3 is 5.97 Å². The van der Waals surface area contributed by atoms with E-state index in [0.29, 0.717) is 5.92 Å². The van der Waals surface area contributed by atoms with Crippen LogP contribution in [0.3, 0.4) is 0 Å². The molecule has 0 radical (unpaired) electrons. The third-order valence-corrected chi connectivity index (χ3v) is 3.13. The van der Waals surface area contributed by atoms with Crippen molar-refractivity contribution in [1.29, 1.82) is 0 Å². The average Bonchev–Trinajstić information content (AvgIpc) is 2.32. The molecule has 0 aromatic rings. The van der Waals surface area contributed by atoms with E-state index in [1.165, 1.54) is 0 Å². The molecule has 0 aromatic carbocycles. The lowest BCUT2D eigenvalue weighted by Gasteiger charge is -2.25. The molecule has 0 bridgehead atoms. The van der Waals surface area contributed by atoms with Crippen molar-refractivity contribution in [3.05, 3.63) is 0 Å². The van der Waals surface area contributed by atoms with Crippen LogP contribution >= 0.6 is 0 Å². The van der Waals surface area contributed by atoms with Crippen molar-refractivity contribution in [2.45, 2.75) is 39.5 Å². The van der Waals surface area contributed by atoms with Crippen LogP contribution < -0.4 is 0 Å². The molecule has 0 heterocycles. The molecule has 0 saturated heterocycles. The molecule has 1 aliphatic rings. The molecule has 0 amide bonds. The van der Waals surface area contributed by atoms with Crippen LogP contribution in [0, 0.1) is 11.3 Å². The smallest absolute Gasteiger partial charge is 0.309 e. The van der Waals surface area contributed by atoms with E-state index in [4.69, 9.17) is 5.11 Å². The summed E-state index contributed by atoms with van der Waals surface area (Å²) < 4.78 is 0. The van der Waals surface area contributed by atoms with Crippen LogP contribution in [-0.4, -0.2) is 11.1 Å². The van der Waals surface area contributed by atoms with Crippen molar-refractivity contribution >= 4 is 5.97 Å². The Hall–Kier alpha value is -0.530. The highest BCUT2D eigenvalue weighted by atomic mass is 16.4. The summed E-state index contributed by atoms with van der Waals surface area (Å²) in [5.74, 6) is -0.207. The minimum Gasteiger partial charge on any atom is -0.481 e. The second kappa shape index (κ2) is 2.84. The zero-order valence-corrected chi connectivity index (χ0v) is 7.26. The first-order chi connectivity index (χ1) is 5.11. The summed E-state index contributed by atoms with van der Waals surface area (Å²) in [4.78, 5) is 10.9. The number of carbonyl (C=O) groups is 1. The van der Waals surface area contributed by atoms with Crippen LogP contribution in [0.4, 0.5) is 0 Å². The van der Waals surface area contributed by atoms with Gasteiger partial charge in [-0.1, -0.05) is 19.8 Å². The Morgan fingerprint density at radius 2 is 2.36 bits per heavy atom. The summed E-state index contributed by atoms with van der Waals surface area (Å²) in [5.41, 5.74) is -0.422. The van der Waals surface area contributed by atoms with Crippen LogP contribution in [0.2, 0.25) is 0 Å². The minimum atomic E-state index is -0.609. The molecule has 1 N–H and O–H groups in total. The fourth-order valence-corrected chi connectivity index (χ4v) is 2.17. The maximum atomic E-state index is 10.9. The number of carboxylic acids is 1. The molecule has 64 valence electrons. The predicted octanol–water partition coefficient (Wildman–Crippen LogP) is 2.29. The van der Waals surface area contributed by atoms with Gasteiger partial charge < -0.3 is 5.11 Å². The zero-order valence-electron chi connectivity index (χ0n) is 7.26. The van der Waals surface area contributed by atoms with E-state index in [-0.39, 0.29) is 0 Å². The normalized spacial score (nSPS) is 37.5. The van der Waals surface area contributed by atoms with Crippen molar-refractivity contribution in [2.75, 3.05) is 0 Å². The van der Waals surface area contributed by atoms with E-state index in [9.17, 15) is 4.79 Å². The summed E-state index contributed by atoms with van der Waals surface area (Å²) in [6.45, 7) is 3.97. The van der Waals surface area contributed by atoms with E-state index < -0.39 is 11.4 Å². The SMILES string of the molecule is CCC1CCCC1(C)C(=O)O. The standard InChI is InChI=1S/C9H16O2/c1-3-7-5-4-6-9(7,2)8(10)11/h7H,3-6H2,1-2H3,(H,10,11). The molecule has 0 aliphatic heterocycles. The summed E-state index contributed by atoms with van der Waals surface area (Å²) in [6.07, 6.45) is 4.05. The fourth-order valence-electron chi connectivity index (χ4n) is 2.17. The van der Waals surface area contributed by atoms with E-state index >= 15 is 0 Å². The van der Waals surface area contributed by atoms with Gasteiger partial charge in [-0.15, -0.1) is 0 Å². The van der Waals surface area contributed by atoms with Crippen molar-refractivity contribution < 1.29 is 9.90 Å². The molecule has 2 nitrogen and oxygen atoms in total. The van der Waals surface area contributed by atoms with Gasteiger partial charge in [0.05, 0.1) is 5.41 Å². The van der Waals surface area contributed by atoms with Gasteiger partial charge in [-0.2, -0.15) is 0 Å². The van der Waals surface area contributed by atoms with Crippen molar-refractivity contribution in [3.63, 3.8) is 0 Å². The van der Waals surface area contributed by atoms with Crippen LogP contribution in [0.25, 0.3) is 0 Å². The molecule has 2 atom stereocenters. The lowest BCUT2D eigenvalue weighted by Crippen LogP contribution is -2.30. The number of hydrogen-bond donors (Lipinski definition) is 1. The van der Waals surface area contributed by atoms with Gasteiger partial charge in [0.25, 0.3) is 0 Å². The van der Waals surface area contributed by atoms with Gasteiger partial charge in [0.2, 0.25) is 0 Å². The van der Waals surface area contributed by atoms with Gasteiger partial charge in [-0.25, -0.2) is 0 Å². The molecule has 1 aliphatic carbocycles. The maximum Gasteiger partial charge on any atom is 0.309 e. The molecule has 1 rings (SSSR count). The summed E-state index contributed by atoms with van der Waals surface area (Å²) >= 11 is 0. The first-order valence-electron chi connectivity index (χ1n) is 4.34. The number of aliphatic carboxylic acids is 1. The first-order valence-corrected chi connectivity index (χ1v) is 4.34. The Labute approximate surface area is 67.6 Å². The summed E-state index contributed by atoms with van der Waals surface area (Å²) in [7, 11) is 0. The second-order valence-electron chi connectivity index (χ2n) is 3.72. The Morgan fingerprint density at radius 1 is 1.73 bits per heavy atom. The Balaban J connectivity index is 2.75. The Kier molecular flexibility index (Phi) is 2.21. The first kappa shape index (κ1) is 8.57. The number of carboxylic acid groups (broad SMARTS) is 1. The van der Waals surface area contributed by atoms with Crippen molar-refractivity contribution in [3.8, 4) is 0 Å². The number of hydrogen-bond acceptors (Lipinski definition) is 1. The van der Waals surface area contributed by atoms with E-state index in [1.54, 1.807) is 0 Å². The van der Waals surface area contributed by atoms with E-state index in [0.717, 1.165) is 25.7 Å². The molecule has 0 aromatic heterocycles. The van der Waals surface area contributed by atoms with Gasteiger partial charge in [-0.05, 0) is 25.7 Å². The molecular weight excluding hydrogens is 140 g/mol. The van der Waals surface area contributed by atoms with Crippen molar-refractivity contribution in [2.24, 2.45) is 11.3 Å². The van der Waals surface area contributed by atoms with Crippen molar-refractivity contribution in [1.82, 2.24) is 0 Å². The molecule has 1 saturated carbocycles. The maximum absolute atomic E-state index is 10.9. The monoisotopic (exact) mass is 156 g/mol. The third-order valence-electron chi connectivity index (χ3n) is 3.13. The van der Waals surface area contributed by atoms with Gasteiger partial charge in [0, 0.05) is 0 Å². The molecule has 1 fully saturated rings. The minimum absolute atomic E-state index is 0.403. The third kappa shape index (κ3) is 1.26. The quantitative estimate of drug-likeness (QED) is 0.666. The Morgan fingerprint density at radius 3 is 2.73 bits per heavy atom. The molecule has 2 heteroatoms. The predicted molar refractivity (Wildman–Crippen MR) is 43.4 cm³/mol. The lowest BCUT2D eigenvalue weighted by atomic mass is 9.78. The molecule has 11 heavy (non-hydrogen) atoms. The summed E-state index contributed by atoms with van der Waals surface area (Å²) in [6, 6.07) is 0. The van der Waals surface area contributed by atoms with E-state index in [2.05, 4.69) is 6.92 Å². The highest BCUT2D eigenvalue weighted by Gasteiger charge is 2.43. The van der Waals surface area contributed by atoms with Crippen LogP contribution in [0.1, 0.15) is 39.5 Å². The Bertz CT molecular complexity index is 165. The van der Waals surface area contributed by atoms with Crippen LogP contribution in [0.15, 0.2) is 0 Å². The zero-order chi connectivity index (χ0) is 8.48. The highest BCUT2D eigenvalue weighted by Crippen LogP contribution is 2.44. The van der Waals surface area contributed by atoms with E-state index in [1.807, 2.05) is 6.92 Å². The van der Waals surface area contributed by atoms with Gasteiger partial charge in [0.1, 0.15) is 0 Å².